The lowest BCUT2D eigenvalue weighted by Gasteiger charge is -2.34. The number of carbonyl (C=O) groups is 3. The van der Waals surface area contributed by atoms with Gasteiger partial charge in [0.25, 0.3) is 5.24 Å². The van der Waals surface area contributed by atoms with Crippen LogP contribution < -0.4 is 5.32 Å². The Labute approximate surface area is 103 Å². The van der Waals surface area contributed by atoms with E-state index in [4.69, 9.17) is 5.11 Å². The fourth-order valence-electron chi connectivity index (χ4n) is 2.17. The van der Waals surface area contributed by atoms with E-state index in [0.717, 1.165) is 24.6 Å². The number of aliphatic carboxylic acids is 1. The highest BCUT2D eigenvalue weighted by atomic mass is 32.2. The molecule has 0 radical (unpaired) electrons. The summed E-state index contributed by atoms with van der Waals surface area (Å²) in [6.07, 6.45) is 2.14. The summed E-state index contributed by atoms with van der Waals surface area (Å²) < 4.78 is 0. The zero-order valence-electron chi connectivity index (χ0n) is 9.22. The maximum absolute atomic E-state index is 12.1. The third-order valence-electron chi connectivity index (χ3n) is 3.04. The maximum Gasteiger partial charge on any atom is 0.326 e. The molecule has 2 amide bonds. The van der Waals surface area contributed by atoms with Crippen molar-refractivity contribution in [1.29, 1.82) is 0 Å². The van der Waals surface area contributed by atoms with E-state index < -0.39 is 18.1 Å². The lowest BCUT2D eigenvalue weighted by molar-refractivity contribution is -0.152. The van der Waals surface area contributed by atoms with Crippen LogP contribution in [0.25, 0.3) is 0 Å². The summed E-state index contributed by atoms with van der Waals surface area (Å²) in [7, 11) is 0. The smallest absolute Gasteiger partial charge is 0.326 e. The molecule has 0 saturated carbocycles. The van der Waals surface area contributed by atoms with Gasteiger partial charge in [0.05, 0.1) is 0 Å². The molecular weight excluding hydrogens is 244 g/mol. The molecule has 2 atom stereocenters. The highest BCUT2D eigenvalue weighted by Crippen LogP contribution is 2.21. The van der Waals surface area contributed by atoms with Crippen LogP contribution in [0.5, 0.6) is 0 Å². The zero-order chi connectivity index (χ0) is 12.4. The van der Waals surface area contributed by atoms with Gasteiger partial charge < -0.3 is 15.3 Å². The molecule has 2 aliphatic heterocycles. The lowest BCUT2D eigenvalue weighted by Crippen LogP contribution is -2.54. The van der Waals surface area contributed by atoms with E-state index in [1.54, 1.807) is 0 Å². The fraction of sp³-hybridized carbons (Fsp3) is 0.700. The second-order valence-electron chi connectivity index (χ2n) is 4.18. The Kier molecular flexibility index (Phi) is 3.56. The van der Waals surface area contributed by atoms with Gasteiger partial charge in [0.1, 0.15) is 12.1 Å². The molecule has 0 bridgehead atoms. The summed E-state index contributed by atoms with van der Waals surface area (Å²) >= 11 is 1.06. The van der Waals surface area contributed by atoms with Gasteiger partial charge in [0.15, 0.2) is 0 Å². The summed E-state index contributed by atoms with van der Waals surface area (Å²) in [6.45, 7) is 0.465. The number of hydrogen-bond donors (Lipinski definition) is 2. The van der Waals surface area contributed by atoms with Crippen molar-refractivity contribution >= 4 is 28.9 Å². The molecule has 0 aliphatic carbocycles. The van der Waals surface area contributed by atoms with Gasteiger partial charge in [-0.05, 0) is 19.3 Å². The molecule has 7 heteroatoms. The third-order valence-corrected chi connectivity index (χ3v) is 3.92. The van der Waals surface area contributed by atoms with Gasteiger partial charge in [-0.3, -0.25) is 9.59 Å². The molecule has 2 rings (SSSR count). The Hall–Kier alpha value is -1.24. The van der Waals surface area contributed by atoms with Crippen LogP contribution >= 0.6 is 11.8 Å². The second kappa shape index (κ2) is 4.95. The van der Waals surface area contributed by atoms with Crippen molar-refractivity contribution in [1.82, 2.24) is 10.2 Å². The van der Waals surface area contributed by atoms with Crippen molar-refractivity contribution in [3.05, 3.63) is 0 Å². The molecule has 0 spiro atoms. The molecule has 0 aromatic carbocycles. The molecule has 0 aromatic rings. The summed E-state index contributed by atoms with van der Waals surface area (Å²) in [4.78, 5) is 35.6. The average Bonchev–Trinajstić information content (AvgIpc) is 2.75. The number of carbonyl (C=O) groups excluding carboxylic acids is 2. The van der Waals surface area contributed by atoms with Crippen molar-refractivity contribution in [3.63, 3.8) is 0 Å². The highest BCUT2D eigenvalue weighted by molar-refractivity contribution is 8.14. The van der Waals surface area contributed by atoms with Crippen LogP contribution in [0.15, 0.2) is 0 Å². The molecular formula is C10H14N2O4S. The second-order valence-corrected chi connectivity index (χ2v) is 5.17. The normalized spacial score (nSPS) is 28.9. The third kappa shape index (κ3) is 2.54. The molecule has 2 N–H and O–H groups in total. The first kappa shape index (κ1) is 12.2. The first-order valence-corrected chi connectivity index (χ1v) is 6.54. The van der Waals surface area contributed by atoms with Crippen LogP contribution in [0.1, 0.15) is 19.3 Å². The molecule has 2 saturated heterocycles. The standard InChI is InChI=1S/C10H14N2O4S/c13-8(6-5-17-10(16)11-6)12-4-2-1-3-7(12)9(14)15/h6-7H,1-5H2,(H,11,16)(H,14,15)/t6-,7?/m0/s1. The Balaban J connectivity index is 2.06. The zero-order valence-corrected chi connectivity index (χ0v) is 10.0. The number of nitrogens with one attached hydrogen (secondary N) is 1. The van der Waals surface area contributed by atoms with E-state index in [1.165, 1.54) is 4.90 Å². The van der Waals surface area contributed by atoms with E-state index >= 15 is 0 Å². The number of thioether (sulfide) groups is 1. The molecule has 6 nitrogen and oxygen atoms in total. The molecule has 0 aromatic heterocycles. The van der Waals surface area contributed by atoms with Crippen LogP contribution in [0.3, 0.4) is 0 Å². The Morgan fingerprint density at radius 3 is 2.76 bits per heavy atom. The maximum atomic E-state index is 12.1. The highest BCUT2D eigenvalue weighted by Gasteiger charge is 2.38. The number of piperidine rings is 1. The summed E-state index contributed by atoms with van der Waals surface area (Å²) in [5.74, 6) is -0.842. The van der Waals surface area contributed by atoms with E-state index in [0.29, 0.717) is 18.7 Å². The van der Waals surface area contributed by atoms with Gasteiger partial charge in [0, 0.05) is 12.3 Å². The van der Waals surface area contributed by atoms with Crippen LogP contribution in [0.2, 0.25) is 0 Å². The van der Waals surface area contributed by atoms with Gasteiger partial charge in [-0.1, -0.05) is 11.8 Å². The average molecular weight is 258 g/mol. The van der Waals surface area contributed by atoms with Gasteiger partial charge in [0.2, 0.25) is 5.91 Å². The number of carboxylic acids is 1. The minimum absolute atomic E-state index is 0.216. The quantitative estimate of drug-likeness (QED) is 0.742. The predicted octanol–water partition coefficient (Wildman–Crippen LogP) is 0.277. The van der Waals surface area contributed by atoms with Crippen molar-refractivity contribution in [2.24, 2.45) is 0 Å². The number of carboxylic acid groups (broad SMARTS) is 1. The SMILES string of the molecule is O=C1N[C@H](C(=O)N2CCCCC2C(=O)O)CS1. The molecule has 94 valence electrons. The van der Waals surface area contributed by atoms with Crippen molar-refractivity contribution in [2.75, 3.05) is 12.3 Å². The molecule has 2 heterocycles. The van der Waals surface area contributed by atoms with E-state index in [9.17, 15) is 14.4 Å². The monoisotopic (exact) mass is 258 g/mol. The minimum Gasteiger partial charge on any atom is -0.480 e. The Morgan fingerprint density at radius 1 is 1.41 bits per heavy atom. The van der Waals surface area contributed by atoms with E-state index in [1.807, 2.05) is 0 Å². The van der Waals surface area contributed by atoms with Gasteiger partial charge in [-0.15, -0.1) is 0 Å². The van der Waals surface area contributed by atoms with Crippen molar-refractivity contribution in [2.45, 2.75) is 31.3 Å². The van der Waals surface area contributed by atoms with E-state index in [-0.39, 0.29) is 11.1 Å². The number of amides is 2. The molecule has 2 aliphatic rings. The first-order chi connectivity index (χ1) is 8.09. The predicted molar refractivity (Wildman–Crippen MR) is 61.8 cm³/mol. The number of nitrogens with zero attached hydrogens (tertiary/aromatic N) is 1. The molecule has 17 heavy (non-hydrogen) atoms. The largest absolute Gasteiger partial charge is 0.480 e. The van der Waals surface area contributed by atoms with Gasteiger partial charge in [-0.2, -0.15) is 0 Å². The van der Waals surface area contributed by atoms with Crippen molar-refractivity contribution in [3.8, 4) is 0 Å². The van der Waals surface area contributed by atoms with Crippen molar-refractivity contribution < 1.29 is 19.5 Å². The van der Waals surface area contributed by atoms with Crippen LogP contribution in [-0.4, -0.2) is 51.5 Å². The minimum atomic E-state index is -0.963. The lowest BCUT2D eigenvalue weighted by atomic mass is 10.0. The van der Waals surface area contributed by atoms with E-state index in [2.05, 4.69) is 5.32 Å². The topological polar surface area (TPSA) is 86.7 Å². The van der Waals surface area contributed by atoms with Crippen LogP contribution in [-0.2, 0) is 9.59 Å². The molecule has 2 fully saturated rings. The van der Waals surface area contributed by atoms with Crippen LogP contribution in [0.4, 0.5) is 4.79 Å². The van der Waals surface area contributed by atoms with Crippen LogP contribution in [0, 0.1) is 0 Å². The summed E-state index contributed by atoms with van der Waals surface area (Å²) in [5, 5.41) is 11.4. The van der Waals surface area contributed by atoms with Gasteiger partial charge in [-0.25, -0.2) is 4.79 Å². The van der Waals surface area contributed by atoms with Gasteiger partial charge >= 0.3 is 5.97 Å². The first-order valence-electron chi connectivity index (χ1n) is 5.56. The number of hydrogen-bond acceptors (Lipinski definition) is 4. The summed E-state index contributed by atoms with van der Waals surface area (Å²) in [6, 6.07) is -1.30. The molecule has 1 unspecified atom stereocenters. The number of likely N-dealkylation sites (tertiary alicyclic amines) is 1. The Morgan fingerprint density at radius 2 is 2.18 bits per heavy atom. The number of rotatable bonds is 2. The fourth-order valence-corrected chi connectivity index (χ4v) is 2.94. The Bertz CT molecular complexity index is 360. The summed E-state index contributed by atoms with van der Waals surface area (Å²) in [5.41, 5.74) is 0.